The lowest BCUT2D eigenvalue weighted by Crippen LogP contribution is -2.28. The highest BCUT2D eigenvalue weighted by Gasteiger charge is 2.25. The number of methoxy groups -OCH3 is 1. The summed E-state index contributed by atoms with van der Waals surface area (Å²) in [4.78, 5) is 11.4. The van der Waals surface area contributed by atoms with Crippen molar-refractivity contribution >= 4 is 5.78 Å². The fourth-order valence-corrected chi connectivity index (χ4v) is 1.01. The predicted octanol–water partition coefficient (Wildman–Crippen LogP) is 2.03. The van der Waals surface area contributed by atoms with Gasteiger partial charge in [0.25, 0.3) is 0 Å². The first-order valence-corrected chi connectivity index (χ1v) is 4.07. The summed E-state index contributed by atoms with van der Waals surface area (Å²) in [5.41, 5.74) is -0.301. The molecule has 0 saturated carbocycles. The molecule has 0 aliphatic rings. The van der Waals surface area contributed by atoms with Gasteiger partial charge in [-0.05, 0) is 6.42 Å². The number of ether oxygens (including phenoxy) is 1. The van der Waals surface area contributed by atoms with Crippen LogP contribution in [0, 0.1) is 5.41 Å². The lowest BCUT2D eigenvalue weighted by molar-refractivity contribution is -0.129. The Morgan fingerprint density at radius 2 is 2.00 bits per heavy atom. The van der Waals surface area contributed by atoms with Crippen LogP contribution in [0.4, 0.5) is 0 Å². The molecule has 0 aromatic heterocycles. The molecule has 0 amide bonds. The minimum Gasteiger partial charge on any atom is -0.384 e. The van der Waals surface area contributed by atoms with Gasteiger partial charge in [0, 0.05) is 18.9 Å². The van der Waals surface area contributed by atoms with Crippen LogP contribution < -0.4 is 0 Å². The van der Waals surface area contributed by atoms with Crippen molar-refractivity contribution in [3.05, 3.63) is 0 Å². The molecule has 0 aliphatic heterocycles. The topological polar surface area (TPSA) is 26.3 Å². The quantitative estimate of drug-likeness (QED) is 0.612. The number of carbonyl (C=O) groups is 1. The summed E-state index contributed by atoms with van der Waals surface area (Å²) in [6.07, 6.45) is 1.59. The summed E-state index contributed by atoms with van der Waals surface area (Å²) in [5, 5.41) is 0. The highest BCUT2D eigenvalue weighted by Crippen LogP contribution is 2.19. The zero-order chi connectivity index (χ0) is 8.91. The maximum atomic E-state index is 11.4. The molecule has 66 valence electrons. The lowest BCUT2D eigenvalue weighted by atomic mass is 9.87. The second-order valence-electron chi connectivity index (χ2n) is 3.49. The molecule has 0 aromatic rings. The summed E-state index contributed by atoms with van der Waals surface area (Å²) in [6, 6.07) is 0. The van der Waals surface area contributed by atoms with Crippen molar-refractivity contribution in [3.8, 4) is 0 Å². The molecule has 0 N–H and O–H groups in total. The molecular formula is C9H18O2. The van der Waals surface area contributed by atoms with E-state index in [0.717, 1.165) is 6.42 Å². The predicted molar refractivity (Wildman–Crippen MR) is 45.6 cm³/mol. The van der Waals surface area contributed by atoms with Gasteiger partial charge in [-0.2, -0.15) is 0 Å². The number of ketones is 1. The van der Waals surface area contributed by atoms with Gasteiger partial charge < -0.3 is 4.74 Å². The second-order valence-corrected chi connectivity index (χ2v) is 3.49. The molecule has 0 atom stereocenters. The summed E-state index contributed by atoms with van der Waals surface area (Å²) in [6.45, 7) is 6.38. The highest BCUT2D eigenvalue weighted by molar-refractivity contribution is 5.84. The average molecular weight is 158 g/mol. The summed E-state index contributed by atoms with van der Waals surface area (Å²) in [7, 11) is 1.63. The van der Waals surface area contributed by atoms with Gasteiger partial charge in [0.05, 0.1) is 6.61 Å². The Hall–Kier alpha value is -0.370. The van der Waals surface area contributed by atoms with Gasteiger partial charge in [-0.25, -0.2) is 0 Å². The molecule has 0 bridgehead atoms. The minimum atomic E-state index is -0.301. The first kappa shape index (κ1) is 10.6. The fourth-order valence-electron chi connectivity index (χ4n) is 1.01. The maximum Gasteiger partial charge on any atom is 0.140 e. The summed E-state index contributed by atoms with van der Waals surface area (Å²) in [5.74, 6) is 0.293. The van der Waals surface area contributed by atoms with Crippen LogP contribution in [0.3, 0.4) is 0 Å². The maximum absolute atomic E-state index is 11.4. The Labute approximate surface area is 68.9 Å². The van der Waals surface area contributed by atoms with Crippen molar-refractivity contribution in [1.82, 2.24) is 0 Å². The van der Waals surface area contributed by atoms with Gasteiger partial charge in [-0.3, -0.25) is 4.79 Å². The van der Waals surface area contributed by atoms with Crippen LogP contribution in [0.15, 0.2) is 0 Å². The van der Waals surface area contributed by atoms with Crippen molar-refractivity contribution in [1.29, 1.82) is 0 Å². The second kappa shape index (κ2) is 4.50. The molecule has 0 aromatic carbocycles. The van der Waals surface area contributed by atoms with E-state index < -0.39 is 0 Å². The third kappa shape index (κ3) is 3.51. The molecule has 2 heteroatoms. The molecule has 2 nitrogen and oxygen atoms in total. The van der Waals surface area contributed by atoms with E-state index in [9.17, 15) is 4.79 Å². The first-order chi connectivity index (χ1) is 5.04. The van der Waals surface area contributed by atoms with Crippen LogP contribution in [0.5, 0.6) is 0 Å². The van der Waals surface area contributed by atoms with Crippen LogP contribution in [0.1, 0.15) is 33.6 Å². The van der Waals surface area contributed by atoms with Gasteiger partial charge in [0.15, 0.2) is 0 Å². The molecule has 0 spiro atoms. The third-order valence-corrected chi connectivity index (χ3v) is 1.74. The standard InChI is InChI=1S/C9H18O2/c1-5-6-8(10)9(2,3)7-11-4/h5-7H2,1-4H3. The summed E-state index contributed by atoms with van der Waals surface area (Å²) >= 11 is 0. The molecule has 0 radical (unpaired) electrons. The molecule has 0 heterocycles. The van der Waals surface area contributed by atoms with E-state index in [1.807, 2.05) is 20.8 Å². The van der Waals surface area contributed by atoms with Crippen molar-refractivity contribution in [2.75, 3.05) is 13.7 Å². The van der Waals surface area contributed by atoms with Crippen LogP contribution in [-0.4, -0.2) is 19.5 Å². The zero-order valence-corrected chi connectivity index (χ0v) is 7.94. The van der Waals surface area contributed by atoms with Crippen LogP contribution in [0.25, 0.3) is 0 Å². The smallest absolute Gasteiger partial charge is 0.140 e. The zero-order valence-electron chi connectivity index (χ0n) is 7.94. The normalized spacial score (nSPS) is 11.6. The van der Waals surface area contributed by atoms with E-state index in [2.05, 4.69) is 0 Å². The number of Topliss-reactive ketones (excluding diaryl/α,β-unsaturated/α-hetero) is 1. The van der Waals surface area contributed by atoms with Crippen molar-refractivity contribution in [2.45, 2.75) is 33.6 Å². The van der Waals surface area contributed by atoms with E-state index in [-0.39, 0.29) is 5.41 Å². The molecule has 0 saturated heterocycles. The van der Waals surface area contributed by atoms with Gasteiger partial charge in [-0.15, -0.1) is 0 Å². The van der Waals surface area contributed by atoms with E-state index >= 15 is 0 Å². The van der Waals surface area contributed by atoms with Crippen LogP contribution in [0.2, 0.25) is 0 Å². The Morgan fingerprint density at radius 3 is 2.36 bits per heavy atom. The molecule has 0 rings (SSSR count). The van der Waals surface area contributed by atoms with Gasteiger partial charge in [0.2, 0.25) is 0 Å². The molecule has 0 aliphatic carbocycles. The number of rotatable bonds is 5. The minimum absolute atomic E-state index is 0.293. The van der Waals surface area contributed by atoms with Crippen molar-refractivity contribution in [3.63, 3.8) is 0 Å². The van der Waals surface area contributed by atoms with E-state index in [0.29, 0.717) is 18.8 Å². The van der Waals surface area contributed by atoms with E-state index in [1.165, 1.54) is 0 Å². The summed E-state index contributed by atoms with van der Waals surface area (Å²) < 4.78 is 4.95. The Balaban J connectivity index is 3.94. The monoisotopic (exact) mass is 158 g/mol. The van der Waals surface area contributed by atoms with E-state index in [1.54, 1.807) is 7.11 Å². The average Bonchev–Trinajstić information content (AvgIpc) is 1.88. The number of hydrogen-bond acceptors (Lipinski definition) is 2. The molecular weight excluding hydrogens is 140 g/mol. The van der Waals surface area contributed by atoms with Gasteiger partial charge in [-0.1, -0.05) is 20.8 Å². The molecule has 11 heavy (non-hydrogen) atoms. The number of hydrogen-bond donors (Lipinski definition) is 0. The van der Waals surface area contributed by atoms with Crippen molar-refractivity contribution < 1.29 is 9.53 Å². The Kier molecular flexibility index (Phi) is 4.34. The Bertz CT molecular complexity index is 128. The first-order valence-electron chi connectivity index (χ1n) is 4.07. The van der Waals surface area contributed by atoms with Crippen molar-refractivity contribution in [2.24, 2.45) is 5.41 Å². The third-order valence-electron chi connectivity index (χ3n) is 1.74. The SMILES string of the molecule is CCCC(=O)C(C)(C)COC. The largest absolute Gasteiger partial charge is 0.384 e. The fraction of sp³-hybridized carbons (Fsp3) is 0.889. The van der Waals surface area contributed by atoms with Gasteiger partial charge >= 0.3 is 0 Å². The van der Waals surface area contributed by atoms with Crippen LogP contribution >= 0.6 is 0 Å². The Morgan fingerprint density at radius 1 is 1.45 bits per heavy atom. The lowest BCUT2D eigenvalue weighted by Gasteiger charge is -2.21. The molecule has 0 unspecified atom stereocenters. The molecule has 0 fully saturated rings. The van der Waals surface area contributed by atoms with Crippen LogP contribution in [-0.2, 0) is 9.53 Å². The number of carbonyl (C=O) groups excluding carboxylic acids is 1. The highest BCUT2D eigenvalue weighted by atomic mass is 16.5. The van der Waals surface area contributed by atoms with E-state index in [4.69, 9.17) is 4.74 Å². The van der Waals surface area contributed by atoms with Gasteiger partial charge in [0.1, 0.15) is 5.78 Å².